The van der Waals surface area contributed by atoms with E-state index in [2.05, 4.69) is 11.4 Å². The summed E-state index contributed by atoms with van der Waals surface area (Å²) in [6.45, 7) is 2.91. The third-order valence-corrected chi connectivity index (χ3v) is 5.14. The fourth-order valence-corrected chi connectivity index (χ4v) is 3.38. The Morgan fingerprint density at radius 3 is 2.29 bits per heavy atom. The number of carbonyl (C=O) groups is 2. The monoisotopic (exact) mass is 379 g/mol. The number of carbonyl (C=O) groups excluding carboxylic acids is 2. The molecule has 1 N–H and O–H groups in total. The Hall–Kier alpha value is -3.20. The molecule has 1 aliphatic rings. The second-order valence-corrected chi connectivity index (χ2v) is 7.04. The molecule has 2 aromatic carbocycles. The van der Waals surface area contributed by atoms with E-state index in [9.17, 15) is 14.0 Å². The van der Waals surface area contributed by atoms with Gasteiger partial charge in [0, 0.05) is 24.6 Å². The summed E-state index contributed by atoms with van der Waals surface area (Å²) in [5, 5.41) is 11.9. The number of hydrogen-bond acceptors (Lipinski definition) is 3. The van der Waals surface area contributed by atoms with Crippen LogP contribution in [-0.4, -0.2) is 29.8 Å². The van der Waals surface area contributed by atoms with E-state index in [0.717, 1.165) is 5.56 Å². The number of hydrogen-bond donors (Lipinski definition) is 1. The van der Waals surface area contributed by atoms with Crippen molar-refractivity contribution >= 4 is 11.8 Å². The molecule has 0 radical (unpaired) electrons. The fraction of sp³-hybridized carbons (Fsp3) is 0.318. The lowest BCUT2D eigenvalue weighted by Crippen LogP contribution is -2.43. The van der Waals surface area contributed by atoms with E-state index in [4.69, 9.17) is 5.26 Å². The van der Waals surface area contributed by atoms with Crippen LogP contribution in [0.2, 0.25) is 0 Å². The summed E-state index contributed by atoms with van der Waals surface area (Å²) in [7, 11) is 0. The van der Waals surface area contributed by atoms with Gasteiger partial charge in [-0.05, 0) is 61.7 Å². The van der Waals surface area contributed by atoms with Crippen LogP contribution in [0.15, 0.2) is 48.5 Å². The van der Waals surface area contributed by atoms with Crippen LogP contribution in [0.1, 0.15) is 47.3 Å². The van der Waals surface area contributed by atoms with Gasteiger partial charge < -0.3 is 10.2 Å². The van der Waals surface area contributed by atoms with Crippen LogP contribution in [0.3, 0.4) is 0 Å². The predicted molar refractivity (Wildman–Crippen MR) is 103 cm³/mol. The van der Waals surface area contributed by atoms with Gasteiger partial charge in [-0.2, -0.15) is 5.26 Å². The molecule has 144 valence electrons. The molecule has 1 unspecified atom stereocenters. The number of nitrogens with one attached hydrogen (secondary N) is 1. The number of nitrogens with zero attached hydrogens (tertiary/aromatic N) is 2. The number of nitriles is 1. The van der Waals surface area contributed by atoms with E-state index in [-0.39, 0.29) is 29.6 Å². The summed E-state index contributed by atoms with van der Waals surface area (Å²) in [5.74, 6) is -0.669. The summed E-state index contributed by atoms with van der Waals surface area (Å²) < 4.78 is 13.0. The van der Waals surface area contributed by atoms with Crippen molar-refractivity contribution in [3.05, 3.63) is 71.0 Å². The Bertz CT molecular complexity index is 879. The first-order valence-corrected chi connectivity index (χ1v) is 9.33. The summed E-state index contributed by atoms with van der Waals surface area (Å²) >= 11 is 0. The molecule has 1 fully saturated rings. The zero-order valence-electron chi connectivity index (χ0n) is 15.7. The molecule has 2 aromatic rings. The van der Waals surface area contributed by atoms with Crippen molar-refractivity contribution in [2.75, 3.05) is 13.1 Å². The molecule has 1 heterocycles. The van der Waals surface area contributed by atoms with Gasteiger partial charge in [-0.1, -0.05) is 12.1 Å². The van der Waals surface area contributed by atoms with Gasteiger partial charge in [0.25, 0.3) is 5.91 Å². The number of likely N-dealkylation sites (tertiary alicyclic amines) is 1. The van der Waals surface area contributed by atoms with Crippen LogP contribution in [-0.2, 0) is 4.79 Å². The summed E-state index contributed by atoms with van der Waals surface area (Å²) in [6, 6.07) is 14.6. The average molecular weight is 379 g/mol. The molecule has 5 nitrogen and oxygen atoms in total. The molecule has 6 heteroatoms. The SMILES string of the molecule is CC(NC(=O)C1CCN(C(=O)c2ccc(F)cc2)CC1)c1ccc(C#N)cc1. The van der Waals surface area contributed by atoms with Gasteiger partial charge in [0.2, 0.25) is 5.91 Å². The van der Waals surface area contributed by atoms with Crippen LogP contribution in [0.25, 0.3) is 0 Å². The standard InChI is InChI=1S/C22H22FN3O2/c1-15(17-4-2-16(14-24)3-5-17)25-21(27)18-10-12-26(13-11-18)22(28)19-6-8-20(23)9-7-19/h2-9,15,18H,10-13H2,1H3,(H,25,27). The fourth-order valence-electron chi connectivity index (χ4n) is 3.38. The summed E-state index contributed by atoms with van der Waals surface area (Å²) in [5.41, 5.74) is 1.98. The minimum Gasteiger partial charge on any atom is -0.349 e. The van der Waals surface area contributed by atoms with E-state index in [1.807, 2.05) is 19.1 Å². The van der Waals surface area contributed by atoms with Gasteiger partial charge in [0.05, 0.1) is 17.7 Å². The first-order valence-electron chi connectivity index (χ1n) is 9.33. The third-order valence-electron chi connectivity index (χ3n) is 5.14. The van der Waals surface area contributed by atoms with Crippen LogP contribution < -0.4 is 5.32 Å². The maximum absolute atomic E-state index is 13.0. The topological polar surface area (TPSA) is 73.2 Å². The van der Waals surface area contributed by atoms with Gasteiger partial charge in [-0.25, -0.2) is 4.39 Å². The normalized spacial score (nSPS) is 15.5. The average Bonchev–Trinajstić information content (AvgIpc) is 2.74. The van der Waals surface area contributed by atoms with E-state index in [1.165, 1.54) is 24.3 Å². The van der Waals surface area contributed by atoms with E-state index >= 15 is 0 Å². The van der Waals surface area contributed by atoms with Crippen molar-refractivity contribution in [2.45, 2.75) is 25.8 Å². The zero-order chi connectivity index (χ0) is 20.1. The Kier molecular flexibility index (Phi) is 6.05. The van der Waals surface area contributed by atoms with Gasteiger partial charge in [0.1, 0.15) is 5.82 Å². The highest BCUT2D eigenvalue weighted by molar-refractivity contribution is 5.94. The van der Waals surface area contributed by atoms with Crippen molar-refractivity contribution in [3.63, 3.8) is 0 Å². The molecule has 1 saturated heterocycles. The third kappa shape index (κ3) is 4.55. The summed E-state index contributed by atoms with van der Waals surface area (Å²) in [6.07, 6.45) is 1.19. The zero-order valence-corrected chi connectivity index (χ0v) is 15.7. The molecule has 28 heavy (non-hydrogen) atoms. The minimum absolute atomic E-state index is 0.0225. The highest BCUT2D eigenvalue weighted by Gasteiger charge is 2.28. The van der Waals surface area contributed by atoms with Crippen molar-refractivity contribution in [3.8, 4) is 6.07 Å². The maximum Gasteiger partial charge on any atom is 0.253 e. The molecule has 0 aliphatic carbocycles. The molecule has 0 spiro atoms. The highest BCUT2D eigenvalue weighted by Crippen LogP contribution is 2.21. The molecule has 3 rings (SSSR count). The number of halogens is 1. The second kappa shape index (κ2) is 8.66. The molecule has 2 amide bonds. The number of amides is 2. The van der Waals surface area contributed by atoms with Gasteiger partial charge in [-0.3, -0.25) is 9.59 Å². The van der Waals surface area contributed by atoms with Gasteiger partial charge in [-0.15, -0.1) is 0 Å². The van der Waals surface area contributed by atoms with Crippen LogP contribution in [0.5, 0.6) is 0 Å². The first kappa shape index (κ1) is 19.6. The number of piperidine rings is 1. The highest BCUT2D eigenvalue weighted by atomic mass is 19.1. The van der Waals surface area contributed by atoms with Crippen molar-refractivity contribution in [1.82, 2.24) is 10.2 Å². The van der Waals surface area contributed by atoms with E-state index in [1.54, 1.807) is 17.0 Å². The van der Waals surface area contributed by atoms with Crippen molar-refractivity contribution in [1.29, 1.82) is 5.26 Å². The van der Waals surface area contributed by atoms with Gasteiger partial charge >= 0.3 is 0 Å². The lowest BCUT2D eigenvalue weighted by molar-refractivity contribution is -0.126. The van der Waals surface area contributed by atoms with Crippen molar-refractivity contribution in [2.24, 2.45) is 5.92 Å². The molecular weight excluding hydrogens is 357 g/mol. The van der Waals surface area contributed by atoms with Crippen LogP contribution in [0.4, 0.5) is 4.39 Å². The van der Waals surface area contributed by atoms with E-state index < -0.39 is 0 Å². The molecule has 0 saturated carbocycles. The Labute approximate surface area is 163 Å². The lowest BCUT2D eigenvalue weighted by atomic mass is 9.94. The molecular formula is C22H22FN3O2. The lowest BCUT2D eigenvalue weighted by Gasteiger charge is -2.32. The molecule has 1 aliphatic heterocycles. The van der Waals surface area contributed by atoms with Crippen LogP contribution in [0, 0.1) is 23.1 Å². The second-order valence-electron chi connectivity index (χ2n) is 7.04. The molecule has 1 atom stereocenters. The Morgan fingerprint density at radius 1 is 1.11 bits per heavy atom. The Morgan fingerprint density at radius 2 is 1.71 bits per heavy atom. The van der Waals surface area contributed by atoms with Crippen LogP contribution >= 0.6 is 0 Å². The smallest absolute Gasteiger partial charge is 0.253 e. The van der Waals surface area contributed by atoms with E-state index in [0.29, 0.717) is 37.1 Å². The van der Waals surface area contributed by atoms with Gasteiger partial charge in [0.15, 0.2) is 0 Å². The number of benzene rings is 2. The van der Waals surface area contributed by atoms with Crippen molar-refractivity contribution < 1.29 is 14.0 Å². The molecule has 0 bridgehead atoms. The first-order chi connectivity index (χ1) is 13.5. The number of rotatable bonds is 4. The maximum atomic E-state index is 13.0. The summed E-state index contributed by atoms with van der Waals surface area (Å²) in [4.78, 5) is 26.8. The predicted octanol–water partition coefficient (Wildman–Crippen LogP) is 3.43. The largest absolute Gasteiger partial charge is 0.349 e. The minimum atomic E-state index is -0.372. The molecule has 0 aromatic heterocycles. The Balaban J connectivity index is 1.52. The quantitative estimate of drug-likeness (QED) is 0.885.